The lowest BCUT2D eigenvalue weighted by atomic mass is 10.3. The molecule has 0 aliphatic carbocycles. The quantitative estimate of drug-likeness (QED) is 0.720. The average molecular weight is 328 g/mol. The Morgan fingerprint density at radius 3 is 2.68 bits per heavy atom. The highest BCUT2D eigenvalue weighted by molar-refractivity contribution is 7.09. The van der Waals surface area contributed by atoms with Gasteiger partial charge in [0.05, 0.1) is 10.7 Å². The molecule has 0 bridgehead atoms. The third kappa shape index (κ3) is 9.21. The van der Waals surface area contributed by atoms with Gasteiger partial charge in [-0.2, -0.15) is 0 Å². The van der Waals surface area contributed by atoms with E-state index in [9.17, 15) is 4.79 Å². The number of nitrogens with zero attached hydrogens (tertiary/aromatic N) is 1. The van der Waals surface area contributed by atoms with Crippen molar-refractivity contribution in [2.24, 2.45) is 0 Å². The van der Waals surface area contributed by atoms with Gasteiger partial charge in [-0.1, -0.05) is 6.92 Å². The van der Waals surface area contributed by atoms with Crippen molar-refractivity contribution in [2.45, 2.75) is 32.6 Å². The zero-order chi connectivity index (χ0) is 12.5. The van der Waals surface area contributed by atoms with E-state index in [0.717, 1.165) is 31.5 Å². The molecule has 0 aromatic carbocycles. The van der Waals surface area contributed by atoms with Crippen LogP contribution in [0.25, 0.3) is 0 Å². The second-order valence-corrected chi connectivity index (χ2v) is 4.84. The maximum absolute atomic E-state index is 11.4. The standard InChI is InChI=1S/C12H21N3OS.2ClH/c1-3-12-15-10(9-17-12)6-8-14-11(16)5-4-7-13-2;;/h9,13H,3-8H2,1-2H3,(H,14,16);2*1H. The summed E-state index contributed by atoms with van der Waals surface area (Å²) in [5, 5.41) is 9.18. The smallest absolute Gasteiger partial charge is 0.220 e. The van der Waals surface area contributed by atoms with E-state index in [0.29, 0.717) is 13.0 Å². The van der Waals surface area contributed by atoms with Gasteiger partial charge in [-0.3, -0.25) is 4.79 Å². The number of rotatable bonds is 8. The summed E-state index contributed by atoms with van der Waals surface area (Å²) in [5.74, 6) is 0.131. The fourth-order valence-corrected chi connectivity index (χ4v) is 2.25. The zero-order valence-corrected chi connectivity index (χ0v) is 13.8. The molecular formula is C12H23Cl2N3OS. The molecule has 1 aromatic rings. The van der Waals surface area contributed by atoms with Crippen LogP contribution in [0.5, 0.6) is 0 Å². The van der Waals surface area contributed by atoms with Crippen molar-refractivity contribution in [1.82, 2.24) is 15.6 Å². The molecule has 0 aliphatic heterocycles. The Kier molecular flexibility index (Phi) is 14.0. The van der Waals surface area contributed by atoms with Crippen LogP contribution in [-0.2, 0) is 17.6 Å². The maximum Gasteiger partial charge on any atom is 0.220 e. The van der Waals surface area contributed by atoms with Crippen LogP contribution in [0.1, 0.15) is 30.5 Å². The molecule has 0 spiro atoms. The normalized spacial score (nSPS) is 9.37. The molecule has 1 amide bonds. The van der Waals surface area contributed by atoms with Crippen LogP contribution in [0.15, 0.2) is 5.38 Å². The van der Waals surface area contributed by atoms with Gasteiger partial charge >= 0.3 is 0 Å². The fourth-order valence-electron chi connectivity index (χ4n) is 1.47. The molecule has 1 aromatic heterocycles. The molecule has 1 rings (SSSR count). The third-order valence-corrected chi connectivity index (χ3v) is 3.48. The molecule has 19 heavy (non-hydrogen) atoms. The van der Waals surface area contributed by atoms with Crippen LogP contribution < -0.4 is 10.6 Å². The molecule has 0 radical (unpaired) electrons. The predicted octanol–water partition coefficient (Wildman–Crippen LogP) is 2.21. The average Bonchev–Trinajstić information content (AvgIpc) is 2.77. The van der Waals surface area contributed by atoms with E-state index in [2.05, 4.69) is 27.9 Å². The van der Waals surface area contributed by atoms with Crippen molar-refractivity contribution in [3.63, 3.8) is 0 Å². The first kappa shape index (κ1) is 20.9. The molecule has 0 saturated carbocycles. The minimum Gasteiger partial charge on any atom is -0.356 e. The van der Waals surface area contributed by atoms with Crippen molar-refractivity contribution in [3.05, 3.63) is 16.1 Å². The van der Waals surface area contributed by atoms with Crippen LogP contribution >= 0.6 is 36.2 Å². The molecule has 0 fully saturated rings. The van der Waals surface area contributed by atoms with Crippen LogP contribution in [-0.4, -0.2) is 31.0 Å². The van der Waals surface area contributed by atoms with Gasteiger partial charge in [-0.25, -0.2) is 4.98 Å². The predicted molar refractivity (Wildman–Crippen MR) is 85.9 cm³/mol. The maximum atomic E-state index is 11.4. The first-order chi connectivity index (χ1) is 8.26. The summed E-state index contributed by atoms with van der Waals surface area (Å²) in [7, 11) is 1.89. The van der Waals surface area contributed by atoms with Crippen molar-refractivity contribution < 1.29 is 4.79 Å². The number of halogens is 2. The van der Waals surface area contributed by atoms with Crippen molar-refractivity contribution in [3.8, 4) is 0 Å². The number of hydrogen-bond acceptors (Lipinski definition) is 4. The highest BCUT2D eigenvalue weighted by Crippen LogP contribution is 2.10. The molecule has 4 nitrogen and oxygen atoms in total. The molecule has 0 aliphatic rings. The van der Waals surface area contributed by atoms with Crippen LogP contribution in [0.4, 0.5) is 0 Å². The van der Waals surface area contributed by atoms with Gasteiger partial charge in [0.25, 0.3) is 0 Å². The minimum absolute atomic E-state index is 0. The molecule has 7 heteroatoms. The first-order valence-electron chi connectivity index (χ1n) is 6.10. The number of amides is 1. The van der Waals surface area contributed by atoms with Gasteiger partial charge in [0.2, 0.25) is 5.91 Å². The number of thiazole rings is 1. The van der Waals surface area contributed by atoms with Crippen molar-refractivity contribution in [2.75, 3.05) is 20.1 Å². The number of nitrogens with one attached hydrogen (secondary N) is 2. The van der Waals surface area contributed by atoms with Crippen molar-refractivity contribution in [1.29, 1.82) is 0 Å². The number of aromatic nitrogens is 1. The number of hydrogen-bond donors (Lipinski definition) is 2. The molecular weight excluding hydrogens is 305 g/mol. The van der Waals surface area contributed by atoms with E-state index in [1.807, 2.05) is 7.05 Å². The van der Waals surface area contributed by atoms with Crippen molar-refractivity contribution >= 4 is 42.1 Å². The third-order valence-electron chi connectivity index (χ3n) is 2.44. The highest BCUT2D eigenvalue weighted by atomic mass is 35.5. The van der Waals surface area contributed by atoms with Gasteiger partial charge in [-0.15, -0.1) is 36.2 Å². The van der Waals surface area contributed by atoms with Crippen LogP contribution in [0.3, 0.4) is 0 Å². The molecule has 2 N–H and O–H groups in total. The van der Waals surface area contributed by atoms with E-state index >= 15 is 0 Å². The van der Waals surface area contributed by atoms with E-state index in [1.165, 1.54) is 5.01 Å². The summed E-state index contributed by atoms with van der Waals surface area (Å²) >= 11 is 1.69. The Morgan fingerprint density at radius 2 is 2.11 bits per heavy atom. The number of carbonyl (C=O) groups excluding carboxylic acids is 1. The molecule has 112 valence electrons. The van der Waals surface area contributed by atoms with Crippen LogP contribution in [0.2, 0.25) is 0 Å². The summed E-state index contributed by atoms with van der Waals surface area (Å²) < 4.78 is 0. The Morgan fingerprint density at radius 1 is 1.37 bits per heavy atom. The lowest BCUT2D eigenvalue weighted by Crippen LogP contribution is -2.26. The van der Waals surface area contributed by atoms with E-state index in [1.54, 1.807) is 11.3 Å². The molecule has 0 unspecified atom stereocenters. The van der Waals surface area contributed by atoms with Gasteiger partial charge in [-0.05, 0) is 26.4 Å². The van der Waals surface area contributed by atoms with E-state index in [-0.39, 0.29) is 30.7 Å². The topological polar surface area (TPSA) is 54.0 Å². The first-order valence-corrected chi connectivity index (χ1v) is 6.98. The molecule has 0 saturated heterocycles. The molecule has 0 atom stereocenters. The van der Waals surface area contributed by atoms with Gasteiger partial charge in [0.1, 0.15) is 0 Å². The lowest BCUT2D eigenvalue weighted by molar-refractivity contribution is -0.121. The lowest BCUT2D eigenvalue weighted by Gasteiger charge is -2.03. The minimum atomic E-state index is 0. The van der Waals surface area contributed by atoms with E-state index in [4.69, 9.17) is 0 Å². The van der Waals surface area contributed by atoms with E-state index < -0.39 is 0 Å². The van der Waals surface area contributed by atoms with Gasteiger partial charge < -0.3 is 10.6 Å². The Balaban J connectivity index is 0. The summed E-state index contributed by atoms with van der Waals surface area (Å²) in [6.07, 6.45) is 3.30. The summed E-state index contributed by atoms with van der Waals surface area (Å²) in [6, 6.07) is 0. The highest BCUT2D eigenvalue weighted by Gasteiger charge is 2.02. The second kappa shape index (κ2) is 12.7. The number of carbonyl (C=O) groups is 1. The second-order valence-electron chi connectivity index (χ2n) is 3.89. The Hall–Kier alpha value is -0.360. The number of aryl methyl sites for hydroxylation is 1. The SMILES string of the molecule is CCc1nc(CCNC(=O)CCCNC)cs1.Cl.Cl. The largest absolute Gasteiger partial charge is 0.356 e. The Labute approximate surface area is 131 Å². The van der Waals surface area contributed by atoms with Gasteiger partial charge in [0.15, 0.2) is 0 Å². The Bertz CT molecular complexity index is 347. The summed E-state index contributed by atoms with van der Waals surface area (Å²) in [6.45, 7) is 3.68. The van der Waals surface area contributed by atoms with Gasteiger partial charge in [0, 0.05) is 24.8 Å². The monoisotopic (exact) mass is 327 g/mol. The summed E-state index contributed by atoms with van der Waals surface area (Å²) in [5.41, 5.74) is 1.09. The molecule has 1 heterocycles. The fraction of sp³-hybridized carbons (Fsp3) is 0.667. The summed E-state index contributed by atoms with van der Waals surface area (Å²) in [4.78, 5) is 15.9. The van der Waals surface area contributed by atoms with Crippen LogP contribution in [0, 0.1) is 0 Å². The zero-order valence-electron chi connectivity index (χ0n) is 11.4.